The molecule has 0 fully saturated rings. The fraction of sp³-hybridized carbons (Fsp3) is 0.524. The van der Waals surface area contributed by atoms with Crippen LogP contribution >= 0.6 is 0 Å². The van der Waals surface area contributed by atoms with Gasteiger partial charge in [0.1, 0.15) is 0 Å². The van der Waals surface area contributed by atoms with Crippen LogP contribution in [0.4, 0.5) is 0 Å². The average molecular weight is 371 g/mol. The van der Waals surface area contributed by atoms with Gasteiger partial charge in [-0.3, -0.25) is 0 Å². The molecule has 0 aromatic heterocycles. The van der Waals surface area contributed by atoms with Crippen LogP contribution in [0, 0.1) is 0 Å². The predicted molar refractivity (Wildman–Crippen MR) is 101 cm³/mol. The Morgan fingerprint density at radius 3 is 1.83 bits per heavy atom. The van der Waals surface area contributed by atoms with Gasteiger partial charge >= 0.3 is 17.1 Å². The van der Waals surface area contributed by atoms with Gasteiger partial charge in [-0.15, -0.1) is 0 Å². The smallest absolute Gasteiger partial charge is 0.797 e. The largest absolute Gasteiger partial charge is 3.00 e. The van der Waals surface area contributed by atoms with E-state index in [-0.39, 0.29) is 17.1 Å². The third kappa shape index (κ3) is 12.6. The van der Waals surface area contributed by atoms with Crippen molar-refractivity contribution in [2.75, 3.05) is 0 Å². The molecule has 2 rings (SSSR count). The molecule has 0 aliphatic rings. The topological polar surface area (TPSA) is 0 Å². The Balaban J connectivity index is 0.000000684. The number of rotatable bonds is 10. The normalized spacial score (nSPS) is 11.2. The monoisotopic (exact) mass is 371 g/mol. The molecule has 23 heavy (non-hydrogen) atoms. The van der Waals surface area contributed by atoms with Crippen LogP contribution in [0.15, 0.2) is 54.6 Å². The van der Waals surface area contributed by atoms with Crippen LogP contribution in [0.25, 0.3) is 0 Å². The molecule has 1 atom stereocenters. The Bertz CT molecular complexity index is 388. The zero-order chi connectivity index (χ0) is 15.9. The summed E-state index contributed by atoms with van der Waals surface area (Å²) in [6, 6.07) is 18.5. The fourth-order valence-electron chi connectivity index (χ4n) is 2.55. The molecule has 0 amide bonds. The van der Waals surface area contributed by atoms with Gasteiger partial charge in [-0.25, -0.2) is 24.3 Å². The van der Waals surface area contributed by atoms with Gasteiger partial charge in [-0.1, -0.05) is 64.7 Å². The Hall–Kier alpha value is -0.431. The molecule has 0 nitrogen and oxygen atoms in total. The van der Waals surface area contributed by atoms with Crippen molar-refractivity contribution in [1.82, 2.24) is 0 Å². The third-order valence-corrected chi connectivity index (χ3v) is 4.44. The van der Waals surface area contributed by atoms with Crippen molar-refractivity contribution in [3.8, 4) is 0 Å². The molecule has 0 saturated carbocycles. The van der Waals surface area contributed by atoms with Crippen LogP contribution in [0.5, 0.6) is 0 Å². The van der Waals surface area contributed by atoms with Gasteiger partial charge < -0.3 is 12.6 Å². The summed E-state index contributed by atoms with van der Waals surface area (Å²) >= 11 is 5.49. The standard InChI is InChI=1S/C16H27S.C5H5.Fe/c1-2-3-4-5-6-7-8-9-14-16(17)15-12-10-11-13-15;1-2-4-5-3-1;/h10-13,16-17H,2-9,14H2,1H3;1-5H;/q2*-1;+3/p-1. The molecule has 129 valence electrons. The van der Waals surface area contributed by atoms with Gasteiger partial charge in [0, 0.05) is 0 Å². The Morgan fingerprint density at radius 2 is 1.35 bits per heavy atom. The van der Waals surface area contributed by atoms with Gasteiger partial charge in [-0.05, 0) is 0 Å². The summed E-state index contributed by atoms with van der Waals surface area (Å²) in [5.41, 5.74) is 1.34. The van der Waals surface area contributed by atoms with E-state index < -0.39 is 0 Å². The van der Waals surface area contributed by atoms with Crippen LogP contribution in [0.1, 0.15) is 75.5 Å². The summed E-state index contributed by atoms with van der Waals surface area (Å²) < 4.78 is 0. The first kappa shape index (κ1) is 22.6. The molecule has 0 heterocycles. The molecule has 2 aromatic carbocycles. The molecule has 0 N–H and O–H groups in total. The minimum atomic E-state index is 0. The first-order chi connectivity index (χ1) is 10.8. The zero-order valence-electron chi connectivity index (χ0n) is 14.4. The maximum atomic E-state index is 5.49. The van der Waals surface area contributed by atoms with E-state index in [1.807, 2.05) is 30.3 Å². The summed E-state index contributed by atoms with van der Waals surface area (Å²) in [7, 11) is 0. The van der Waals surface area contributed by atoms with Crippen molar-refractivity contribution < 1.29 is 17.1 Å². The van der Waals surface area contributed by atoms with Crippen molar-refractivity contribution in [2.24, 2.45) is 0 Å². The number of hydrogen-bond acceptors (Lipinski definition) is 1. The van der Waals surface area contributed by atoms with Crippen molar-refractivity contribution in [3.63, 3.8) is 0 Å². The van der Waals surface area contributed by atoms with Gasteiger partial charge in [-0.2, -0.15) is 41.1 Å². The van der Waals surface area contributed by atoms with E-state index in [0.29, 0.717) is 5.25 Å². The van der Waals surface area contributed by atoms with Crippen LogP contribution in [-0.4, -0.2) is 0 Å². The summed E-state index contributed by atoms with van der Waals surface area (Å²) in [4.78, 5) is 0. The zero-order valence-corrected chi connectivity index (χ0v) is 16.3. The van der Waals surface area contributed by atoms with Crippen LogP contribution < -0.4 is 0 Å². The van der Waals surface area contributed by atoms with Crippen LogP contribution in [0.3, 0.4) is 0 Å². The second kappa shape index (κ2) is 16.4. The molecule has 2 aromatic rings. The Labute approximate surface area is 159 Å². The molecule has 2 heteroatoms. The van der Waals surface area contributed by atoms with Gasteiger partial charge in [0.15, 0.2) is 0 Å². The quantitative estimate of drug-likeness (QED) is 0.189. The second-order valence-corrected chi connectivity index (χ2v) is 6.50. The van der Waals surface area contributed by atoms with E-state index in [0.717, 1.165) is 0 Å². The first-order valence-corrected chi connectivity index (χ1v) is 9.36. The summed E-state index contributed by atoms with van der Waals surface area (Å²) in [6.07, 6.45) is 12.2. The minimum absolute atomic E-state index is 0. The van der Waals surface area contributed by atoms with Crippen molar-refractivity contribution in [1.29, 1.82) is 0 Å². The van der Waals surface area contributed by atoms with E-state index in [4.69, 9.17) is 12.6 Å². The van der Waals surface area contributed by atoms with Crippen LogP contribution in [-0.2, 0) is 29.7 Å². The van der Waals surface area contributed by atoms with Crippen molar-refractivity contribution in [2.45, 2.75) is 70.0 Å². The molecule has 0 spiro atoms. The molecular weight excluding hydrogens is 340 g/mol. The maximum absolute atomic E-state index is 5.49. The average Bonchev–Trinajstić information content (AvgIpc) is 3.25. The molecule has 0 saturated heterocycles. The fourth-order valence-corrected chi connectivity index (χ4v) is 2.88. The molecule has 1 radical (unpaired) electrons. The van der Waals surface area contributed by atoms with E-state index in [1.165, 1.54) is 63.4 Å². The third-order valence-electron chi connectivity index (χ3n) is 3.94. The maximum Gasteiger partial charge on any atom is 3.00 e. The van der Waals surface area contributed by atoms with Crippen molar-refractivity contribution in [3.05, 3.63) is 60.2 Å². The van der Waals surface area contributed by atoms with Gasteiger partial charge in [0.05, 0.1) is 0 Å². The van der Waals surface area contributed by atoms with Gasteiger partial charge in [0.25, 0.3) is 0 Å². The summed E-state index contributed by atoms with van der Waals surface area (Å²) in [6.45, 7) is 2.27. The predicted octanol–water partition coefficient (Wildman–Crippen LogP) is 6.93. The summed E-state index contributed by atoms with van der Waals surface area (Å²) in [5.74, 6) is 0. The van der Waals surface area contributed by atoms with E-state index in [2.05, 4.69) is 31.2 Å². The first-order valence-electron chi connectivity index (χ1n) is 8.88. The molecular formula is C21H31FeS. The molecule has 0 bridgehead atoms. The molecule has 0 aliphatic carbocycles. The van der Waals surface area contributed by atoms with E-state index in [9.17, 15) is 0 Å². The van der Waals surface area contributed by atoms with E-state index in [1.54, 1.807) is 0 Å². The number of hydrogen-bond donors (Lipinski definition) is 0. The van der Waals surface area contributed by atoms with E-state index >= 15 is 0 Å². The molecule has 1 unspecified atom stereocenters. The Morgan fingerprint density at radius 1 is 0.826 bits per heavy atom. The number of unbranched alkanes of at least 4 members (excludes halogenated alkanes) is 7. The Kier molecular flexibility index (Phi) is 16.1. The van der Waals surface area contributed by atoms with Gasteiger partial charge in [0.2, 0.25) is 0 Å². The summed E-state index contributed by atoms with van der Waals surface area (Å²) in [5, 5.41) is 0.338. The molecule has 0 aliphatic heterocycles. The SMILES string of the molecule is CCCCCCCCCCC([S-])[c-]1cccc1.[Fe+3].c1cc[cH-]c1. The van der Waals surface area contributed by atoms with Crippen LogP contribution in [0.2, 0.25) is 0 Å². The minimum Gasteiger partial charge on any atom is -0.797 e. The van der Waals surface area contributed by atoms with Crippen molar-refractivity contribution >= 4 is 12.6 Å². The second-order valence-electron chi connectivity index (χ2n) is 5.93.